The summed E-state index contributed by atoms with van der Waals surface area (Å²) < 4.78 is 5.69. The molecular formula is C15H17N3O. The molecule has 1 aliphatic rings. The summed E-state index contributed by atoms with van der Waals surface area (Å²) in [5.74, 6) is 1.56. The minimum atomic E-state index is -0.197. The van der Waals surface area contributed by atoms with Gasteiger partial charge in [0.15, 0.2) is 0 Å². The fraction of sp³-hybridized carbons (Fsp3) is 0.267. The van der Waals surface area contributed by atoms with Crippen molar-refractivity contribution in [2.24, 2.45) is 5.73 Å². The number of nitrogen functional groups attached to an aromatic ring is 1. The number of aryl methyl sites for hydroxylation is 1. The molecule has 0 amide bonds. The molecule has 2 atom stereocenters. The number of aromatic nitrogens is 1. The number of benzene rings is 1. The Kier molecular flexibility index (Phi) is 2.87. The largest absolute Gasteiger partial charge is 0.493 e. The molecule has 0 saturated carbocycles. The summed E-state index contributed by atoms with van der Waals surface area (Å²) in [7, 11) is 0. The van der Waals surface area contributed by atoms with Gasteiger partial charge in [0.25, 0.3) is 0 Å². The van der Waals surface area contributed by atoms with Crippen molar-refractivity contribution < 1.29 is 4.74 Å². The van der Waals surface area contributed by atoms with E-state index in [2.05, 4.69) is 11.1 Å². The van der Waals surface area contributed by atoms with Gasteiger partial charge in [-0.15, -0.1) is 0 Å². The second kappa shape index (κ2) is 4.55. The van der Waals surface area contributed by atoms with Gasteiger partial charge >= 0.3 is 0 Å². The lowest BCUT2D eigenvalue weighted by molar-refractivity contribution is 0.315. The molecule has 0 saturated heterocycles. The molecule has 1 aromatic heterocycles. The number of anilines is 1. The first kappa shape index (κ1) is 12.0. The summed E-state index contributed by atoms with van der Waals surface area (Å²) in [6, 6.07) is 9.75. The Morgan fingerprint density at radius 1 is 1.32 bits per heavy atom. The van der Waals surface area contributed by atoms with Gasteiger partial charge < -0.3 is 16.2 Å². The van der Waals surface area contributed by atoms with E-state index < -0.39 is 0 Å². The van der Waals surface area contributed by atoms with E-state index in [4.69, 9.17) is 16.2 Å². The lowest BCUT2D eigenvalue weighted by Crippen LogP contribution is -2.23. The van der Waals surface area contributed by atoms with Gasteiger partial charge in [-0.3, -0.25) is 0 Å². The highest BCUT2D eigenvalue weighted by Gasteiger charge is 2.31. The highest BCUT2D eigenvalue weighted by atomic mass is 16.5. The van der Waals surface area contributed by atoms with Crippen molar-refractivity contribution in [2.45, 2.75) is 18.9 Å². The molecular weight excluding hydrogens is 238 g/mol. The first-order valence-electron chi connectivity index (χ1n) is 6.36. The van der Waals surface area contributed by atoms with Gasteiger partial charge in [0.2, 0.25) is 0 Å². The number of nitrogens with zero attached hydrogens (tertiary/aromatic N) is 1. The van der Waals surface area contributed by atoms with Crippen LogP contribution in [0.1, 0.15) is 28.7 Å². The zero-order chi connectivity index (χ0) is 13.4. The van der Waals surface area contributed by atoms with Crippen LogP contribution in [0.2, 0.25) is 0 Å². The van der Waals surface area contributed by atoms with Crippen molar-refractivity contribution in [1.82, 2.24) is 4.98 Å². The first-order valence-corrected chi connectivity index (χ1v) is 6.36. The minimum Gasteiger partial charge on any atom is -0.493 e. The molecule has 98 valence electrons. The summed E-state index contributed by atoms with van der Waals surface area (Å²) in [6.45, 7) is 2.60. The van der Waals surface area contributed by atoms with Crippen LogP contribution in [0, 0.1) is 6.92 Å². The van der Waals surface area contributed by atoms with E-state index in [1.165, 1.54) is 0 Å². The molecule has 1 aromatic carbocycles. The van der Waals surface area contributed by atoms with Gasteiger partial charge in [0.05, 0.1) is 6.61 Å². The molecule has 0 fully saturated rings. The predicted octanol–water partition coefficient (Wildman–Crippen LogP) is 2.15. The lowest BCUT2D eigenvalue weighted by Gasteiger charge is -2.21. The van der Waals surface area contributed by atoms with Crippen LogP contribution in [0.3, 0.4) is 0 Å². The van der Waals surface area contributed by atoms with Crippen molar-refractivity contribution in [3.05, 3.63) is 53.2 Å². The van der Waals surface area contributed by atoms with Gasteiger partial charge in [-0.05, 0) is 24.6 Å². The third-order valence-electron chi connectivity index (χ3n) is 3.74. The third-order valence-corrected chi connectivity index (χ3v) is 3.74. The highest BCUT2D eigenvalue weighted by Crippen LogP contribution is 2.41. The van der Waals surface area contributed by atoms with E-state index in [0.717, 1.165) is 22.4 Å². The maximum absolute atomic E-state index is 6.42. The van der Waals surface area contributed by atoms with Gasteiger partial charge in [0, 0.05) is 29.3 Å². The van der Waals surface area contributed by atoms with Crippen LogP contribution in [0.15, 0.2) is 36.5 Å². The molecule has 4 nitrogen and oxygen atoms in total. The van der Waals surface area contributed by atoms with Crippen molar-refractivity contribution >= 4 is 5.82 Å². The van der Waals surface area contributed by atoms with Crippen LogP contribution in [-0.4, -0.2) is 11.6 Å². The fourth-order valence-corrected chi connectivity index (χ4v) is 2.71. The van der Waals surface area contributed by atoms with Crippen molar-refractivity contribution in [3.8, 4) is 5.75 Å². The van der Waals surface area contributed by atoms with Gasteiger partial charge in [-0.1, -0.05) is 18.2 Å². The third kappa shape index (κ3) is 1.94. The second-order valence-corrected chi connectivity index (χ2v) is 4.91. The minimum absolute atomic E-state index is 0.126. The van der Waals surface area contributed by atoms with E-state index >= 15 is 0 Å². The molecule has 0 aliphatic carbocycles. The van der Waals surface area contributed by atoms with Gasteiger partial charge in [-0.2, -0.15) is 0 Å². The number of para-hydroxylation sites is 1. The number of fused-ring (bicyclic) bond motifs is 1. The monoisotopic (exact) mass is 255 g/mol. The highest BCUT2D eigenvalue weighted by molar-refractivity contribution is 5.49. The van der Waals surface area contributed by atoms with Crippen molar-refractivity contribution in [3.63, 3.8) is 0 Å². The molecule has 0 bridgehead atoms. The number of hydrogen-bond acceptors (Lipinski definition) is 4. The van der Waals surface area contributed by atoms with Crippen molar-refractivity contribution in [1.29, 1.82) is 0 Å². The Balaban J connectivity index is 2.00. The van der Waals surface area contributed by atoms with E-state index in [9.17, 15) is 0 Å². The standard InChI is InChI=1S/C15H17N3O/c1-9-6-7-18-15(17)13(9)14(16)11-8-19-12-5-3-2-4-10(11)12/h2-7,11,14H,8,16H2,1H3,(H2,17,18). The zero-order valence-corrected chi connectivity index (χ0v) is 10.8. The molecule has 1 aliphatic heterocycles. The molecule has 3 rings (SSSR count). The zero-order valence-electron chi connectivity index (χ0n) is 10.8. The summed E-state index contributed by atoms with van der Waals surface area (Å²) in [5, 5.41) is 0. The number of rotatable bonds is 2. The average molecular weight is 255 g/mol. The molecule has 0 spiro atoms. The first-order chi connectivity index (χ1) is 9.18. The number of pyridine rings is 1. The van der Waals surface area contributed by atoms with Crippen LogP contribution in [0.4, 0.5) is 5.82 Å². The maximum Gasteiger partial charge on any atom is 0.128 e. The predicted molar refractivity (Wildman–Crippen MR) is 75.0 cm³/mol. The Labute approximate surface area is 112 Å². The van der Waals surface area contributed by atoms with Crippen LogP contribution >= 0.6 is 0 Å². The van der Waals surface area contributed by atoms with Crippen molar-refractivity contribution in [2.75, 3.05) is 12.3 Å². The topological polar surface area (TPSA) is 74.2 Å². The lowest BCUT2D eigenvalue weighted by atomic mass is 9.87. The van der Waals surface area contributed by atoms with E-state index in [0.29, 0.717) is 12.4 Å². The van der Waals surface area contributed by atoms with Crippen LogP contribution in [0.5, 0.6) is 5.75 Å². The Morgan fingerprint density at radius 2 is 2.11 bits per heavy atom. The molecule has 4 N–H and O–H groups in total. The molecule has 2 aromatic rings. The van der Waals surface area contributed by atoms with Crippen LogP contribution in [0.25, 0.3) is 0 Å². The Morgan fingerprint density at radius 3 is 2.89 bits per heavy atom. The smallest absolute Gasteiger partial charge is 0.128 e. The Hall–Kier alpha value is -2.07. The summed E-state index contributed by atoms with van der Waals surface area (Å²) in [5.41, 5.74) is 15.5. The van der Waals surface area contributed by atoms with E-state index in [1.807, 2.05) is 31.2 Å². The van der Waals surface area contributed by atoms with Gasteiger partial charge in [0.1, 0.15) is 11.6 Å². The number of ether oxygens (including phenoxy) is 1. The Bertz CT molecular complexity index is 592. The van der Waals surface area contributed by atoms with E-state index in [-0.39, 0.29) is 12.0 Å². The molecule has 0 radical (unpaired) electrons. The summed E-state index contributed by atoms with van der Waals surface area (Å²) >= 11 is 0. The number of nitrogens with two attached hydrogens (primary N) is 2. The molecule has 2 heterocycles. The molecule has 19 heavy (non-hydrogen) atoms. The number of hydrogen-bond donors (Lipinski definition) is 2. The quantitative estimate of drug-likeness (QED) is 0.862. The van der Waals surface area contributed by atoms with E-state index in [1.54, 1.807) is 6.20 Å². The van der Waals surface area contributed by atoms with Crippen LogP contribution in [-0.2, 0) is 0 Å². The molecule has 4 heteroatoms. The summed E-state index contributed by atoms with van der Waals surface area (Å²) in [4.78, 5) is 4.15. The SMILES string of the molecule is Cc1ccnc(N)c1C(N)C1COc2ccccc21. The normalized spacial score (nSPS) is 18.7. The fourth-order valence-electron chi connectivity index (χ4n) is 2.71. The molecule has 2 unspecified atom stereocenters. The summed E-state index contributed by atoms with van der Waals surface area (Å²) in [6.07, 6.45) is 1.71. The second-order valence-electron chi connectivity index (χ2n) is 4.91. The van der Waals surface area contributed by atoms with Crippen LogP contribution < -0.4 is 16.2 Å². The maximum atomic E-state index is 6.42. The van der Waals surface area contributed by atoms with Gasteiger partial charge in [-0.25, -0.2) is 4.98 Å². The average Bonchev–Trinajstić information content (AvgIpc) is 2.82.